The molecule has 0 fully saturated rings. The van der Waals surface area contributed by atoms with E-state index >= 15 is 0 Å². The minimum atomic E-state index is 0.331. The van der Waals surface area contributed by atoms with Crippen LogP contribution in [0.3, 0.4) is 0 Å². The van der Waals surface area contributed by atoms with E-state index < -0.39 is 0 Å². The summed E-state index contributed by atoms with van der Waals surface area (Å²) in [7, 11) is 4.15. The lowest BCUT2D eigenvalue weighted by Crippen LogP contribution is -2.12. The fourth-order valence-corrected chi connectivity index (χ4v) is 2.11. The minimum absolute atomic E-state index is 0.331. The van der Waals surface area contributed by atoms with Gasteiger partial charge in [0, 0.05) is 6.54 Å². The van der Waals surface area contributed by atoms with E-state index in [9.17, 15) is 5.11 Å². The molecule has 0 saturated carbocycles. The van der Waals surface area contributed by atoms with Crippen LogP contribution < -0.4 is 0 Å². The van der Waals surface area contributed by atoms with Gasteiger partial charge in [0.2, 0.25) is 0 Å². The Morgan fingerprint density at radius 1 is 0.944 bits per heavy atom. The zero-order valence-electron chi connectivity index (χ0n) is 10.9. The Labute approximate surface area is 109 Å². The van der Waals surface area contributed by atoms with E-state index in [-0.39, 0.29) is 0 Å². The number of hydrogen-bond donors (Lipinski definition) is 1. The summed E-state index contributed by atoms with van der Waals surface area (Å²) < 4.78 is 0. The van der Waals surface area contributed by atoms with E-state index in [2.05, 4.69) is 43.3 Å². The molecule has 0 saturated heterocycles. The summed E-state index contributed by atoms with van der Waals surface area (Å²) in [6.07, 6.45) is 0.860. The van der Waals surface area contributed by atoms with Gasteiger partial charge in [0.25, 0.3) is 0 Å². The van der Waals surface area contributed by atoms with Gasteiger partial charge in [-0.25, -0.2) is 0 Å². The van der Waals surface area contributed by atoms with Crippen LogP contribution in [-0.4, -0.2) is 24.1 Å². The predicted octanol–water partition coefficient (Wildman–Crippen LogP) is 3.04. The molecule has 0 unspecified atom stereocenters. The summed E-state index contributed by atoms with van der Waals surface area (Å²) in [5, 5.41) is 9.50. The first kappa shape index (κ1) is 12.7. The van der Waals surface area contributed by atoms with E-state index in [1.807, 2.05) is 18.2 Å². The predicted molar refractivity (Wildman–Crippen MR) is 74.7 cm³/mol. The van der Waals surface area contributed by atoms with Gasteiger partial charge in [-0.2, -0.15) is 0 Å². The smallest absolute Gasteiger partial charge is 0.115 e. The number of rotatable bonds is 4. The van der Waals surface area contributed by atoms with Crippen LogP contribution in [0, 0.1) is 0 Å². The third-order valence-electron chi connectivity index (χ3n) is 2.91. The molecule has 2 heteroatoms. The molecule has 94 valence electrons. The Balaban J connectivity index is 2.23. The molecule has 1 N–H and O–H groups in total. The number of phenolic OH excluding ortho intramolecular Hbond substituents is 1. The first-order valence-electron chi connectivity index (χ1n) is 6.14. The van der Waals surface area contributed by atoms with Crippen molar-refractivity contribution >= 4 is 0 Å². The zero-order chi connectivity index (χ0) is 13.0. The second kappa shape index (κ2) is 5.69. The molecule has 2 nitrogen and oxygen atoms in total. The lowest BCUT2D eigenvalue weighted by molar-refractivity contribution is 0.401. The quantitative estimate of drug-likeness (QED) is 0.889. The van der Waals surface area contributed by atoms with Crippen molar-refractivity contribution < 1.29 is 5.11 Å². The largest absolute Gasteiger partial charge is 0.508 e. The highest BCUT2D eigenvalue weighted by molar-refractivity contribution is 5.35. The summed E-state index contributed by atoms with van der Waals surface area (Å²) in [5.74, 6) is 0.331. The van der Waals surface area contributed by atoms with E-state index in [0.29, 0.717) is 5.75 Å². The molecule has 0 aliphatic carbocycles. The normalized spacial score (nSPS) is 10.8. The molecule has 0 amide bonds. The highest BCUT2D eigenvalue weighted by Crippen LogP contribution is 2.18. The summed E-state index contributed by atoms with van der Waals surface area (Å²) in [5.41, 5.74) is 3.80. The van der Waals surface area contributed by atoms with Crippen LogP contribution >= 0.6 is 0 Å². The first-order chi connectivity index (χ1) is 8.65. The third kappa shape index (κ3) is 3.34. The molecule has 0 heterocycles. The Hall–Kier alpha value is -1.80. The second-order valence-electron chi connectivity index (χ2n) is 4.85. The fraction of sp³-hybridized carbons (Fsp3) is 0.250. The number of hydrogen-bond acceptors (Lipinski definition) is 2. The highest BCUT2D eigenvalue weighted by atomic mass is 16.3. The van der Waals surface area contributed by atoms with Crippen molar-refractivity contribution in [2.24, 2.45) is 0 Å². The van der Waals surface area contributed by atoms with Crippen molar-refractivity contribution in [2.45, 2.75) is 13.0 Å². The van der Waals surface area contributed by atoms with Gasteiger partial charge < -0.3 is 10.0 Å². The monoisotopic (exact) mass is 241 g/mol. The molecule has 0 aliphatic heterocycles. The SMILES string of the molecule is CN(C)Cc1ccccc1Cc1cccc(O)c1. The molecule has 2 rings (SSSR count). The molecular formula is C16H19NO. The number of aromatic hydroxyl groups is 1. The highest BCUT2D eigenvalue weighted by Gasteiger charge is 2.04. The van der Waals surface area contributed by atoms with Crippen molar-refractivity contribution in [3.05, 3.63) is 65.2 Å². The molecule has 18 heavy (non-hydrogen) atoms. The standard InChI is InChI=1S/C16H19NO/c1-17(2)12-15-8-4-3-7-14(15)10-13-6-5-9-16(18)11-13/h3-9,11,18H,10,12H2,1-2H3. The van der Waals surface area contributed by atoms with Gasteiger partial charge in [0.05, 0.1) is 0 Å². The Morgan fingerprint density at radius 2 is 1.67 bits per heavy atom. The van der Waals surface area contributed by atoms with Gasteiger partial charge in [-0.1, -0.05) is 36.4 Å². The maximum Gasteiger partial charge on any atom is 0.115 e. The van der Waals surface area contributed by atoms with Crippen LogP contribution in [0.5, 0.6) is 5.75 Å². The summed E-state index contributed by atoms with van der Waals surface area (Å²) in [4.78, 5) is 2.17. The Bertz CT molecular complexity index is 520. The molecule has 0 aromatic heterocycles. The van der Waals surface area contributed by atoms with E-state index in [1.54, 1.807) is 6.07 Å². The van der Waals surface area contributed by atoms with Crippen molar-refractivity contribution in [3.8, 4) is 5.75 Å². The van der Waals surface area contributed by atoms with Gasteiger partial charge in [-0.05, 0) is 49.3 Å². The van der Waals surface area contributed by atoms with Gasteiger partial charge in [0.1, 0.15) is 5.75 Å². The molecule has 0 radical (unpaired) electrons. The fourth-order valence-electron chi connectivity index (χ4n) is 2.11. The maximum atomic E-state index is 9.50. The van der Waals surface area contributed by atoms with Crippen LogP contribution in [-0.2, 0) is 13.0 Å². The van der Waals surface area contributed by atoms with E-state index in [1.165, 1.54) is 11.1 Å². The zero-order valence-corrected chi connectivity index (χ0v) is 10.9. The molecule has 0 atom stereocenters. The van der Waals surface area contributed by atoms with Crippen LogP contribution in [0.1, 0.15) is 16.7 Å². The summed E-state index contributed by atoms with van der Waals surface area (Å²) in [6.45, 7) is 0.939. The molecule has 0 spiro atoms. The third-order valence-corrected chi connectivity index (χ3v) is 2.91. The number of phenols is 1. The summed E-state index contributed by atoms with van der Waals surface area (Å²) in [6, 6.07) is 15.9. The minimum Gasteiger partial charge on any atom is -0.508 e. The van der Waals surface area contributed by atoms with Crippen LogP contribution in [0.2, 0.25) is 0 Å². The topological polar surface area (TPSA) is 23.5 Å². The Kier molecular flexibility index (Phi) is 4.00. The van der Waals surface area contributed by atoms with Crippen molar-refractivity contribution in [3.63, 3.8) is 0 Å². The molecular weight excluding hydrogens is 222 g/mol. The van der Waals surface area contributed by atoms with Crippen molar-refractivity contribution in [2.75, 3.05) is 14.1 Å². The van der Waals surface area contributed by atoms with Gasteiger partial charge in [-0.15, -0.1) is 0 Å². The maximum absolute atomic E-state index is 9.50. The van der Waals surface area contributed by atoms with Crippen LogP contribution in [0.25, 0.3) is 0 Å². The number of nitrogens with zero attached hydrogens (tertiary/aromatic N) is 1. The van der Waals surface area contributed by atoms with Crippen molar-refractivity contribution in [1.29, 1.82) is 0 Å². The van der Waals surface area contributed by atoms with E-state index in [0.717, 1.165) is 18.5 Å². The molecule has 0 aliphatic rings. The second-order valence-corrected chi connectivity index (χ2v) is 4.85. The van der Waals surface area contributed by atoms with Gasteiger partial charge in [0.15, 0.2) is 0 Å². The molecule has 0 bridgehead atoms. The average molecular weight is 241 g/mol. The molecule has 2 aromatic rings. The van der Waals surface area contributed by atoms with Crippen LogP contribution in [0.15, 0.2) is 48.5 Å². The first-order valence-corrected chi connectivity index (χ1v) is 6.14. The summed E-state index contributed by atoms with van der Waals surface area (Å²) >= 11 is 0. The number of benzene rings is 2. The lowest BCUT2D eigenvalue weighted by Gasteiger charge is -2.14. The van der Waals surface area contributed by atoms with E-state index in [4.69, 9.17) is 0 Å². The molecule has 2 aromatic carbocycles. The Morgan fingerprint density at radius 3 is 2.33 bits per heavy atom. The van der Waals surface area contributed by atoms with Gasteiger partial charge >= 0.3 is 0 Å². The van der Waals surface area contributed by atoms with Gasteiger partial charge in [-0.3, -0.25) is 0 Å². The van der Waals surface area contributed by atoms with Crippen LogP contribution in [0.4, 0.5) is 0 Å². The lowest BCUT2D eigenvalue weighted by atomic mass is 9.99. The van der Waals surface area contributed by atoms with Crippen molar-refractivity contribution in [1.82, 2.24) is 4.90 Å². The average Bonchev–Trinajstić information content (AvgIpc) is 2.31.